The number of carbonyl (C=O) groups excluding carboxylic acids is 4. The summed E-state index contributed by atoms with van der Waals surface area (Å²) in [6.07, 6.45) is 0.788. The zero-order valence-electron chi connectivity index (χ0n) is 15.9. The fraction of sp³-hybridized carbons (Fsp3) is 0.500. The summed E-state index contributed by atoms with van der Waals surface area (Å²) in [5, 5.41) is 2.43. The van der Waals surface area contributed by atoms with Gasteiger partial charge in [-0.05, 0) is 31.7 Å². The Hall–Kier alpha value is -2.70. The van der Waals surface area contributed by atoms with Crippen LogP contribution in [0, 0.1) is 5.92 Å². The lowest BCUT2D eigenvalue weighted by atomic mass is 9.85. The summed E-state index contributed by atoms with van der Waals surface area (Å²) in [5.41, 5.74) is -0.0944. The summed E-state index contributed by atoms with van der Waals surface area (Å²) in [7, 11) is 0. The van der Waals surface area contributed by atoms with Crippen molar-refractivity contribution in [1.82, 2.24) is 15.1 Å². The Kier molecular flexibility index (Phi) is 5.04. The fourth-order valence-corrected chi connectivity index (χ4v) is 3.94. The number of hydrogen-bond acceptors (Lipinski definition) is 4. The van der Waals surface area contributed by atoms with E-state index in [0.717, 1.165) is 0 Å². The number of urea groups is 1. The first kappa shape index (κ1) is 19.1. The average Bonchev–Trinajstić information content (AvgIpc) is 2.85. The summed E-state index contributed by atoms with van der Waals surface area (Å²) in [4.78, 5) is 52.8. The molecule has 4 amide bonds. The molecule has 0 bridgehead atoms. The Labute approximate surface area is 158 Å². The van der Waals surface area contributed by atoms with Crippen LogP contribution in [0.4, 0.5) is 4.79 Å². The third kappa shape index (κ3) is 3.34. The zero-order valence-corrected chi connectivity index (χ0v) is 15.9. The van der Waals surface area contributed by atoms with Crippen LogP contribution in [-0.2, 0) is 4.79 Å². The second-order valence-corrected chi connectivity index (χ2v) is 7.69. The molecule has 1 spiro atoms. The highest BCUT2D eigenvalue weighted by molar-refractivity contribution is 6.08. The van der Waals surface area contributed by atoms with E-state index >= 15 is 0 Å². The standard InChI is InChI=1S/C20H25N3O4/c1-13(2)12-23-19(27)21-18(26)20(23)8-10-22(11-9-20)17(25)16-7-5-4-6-15(16)14(3)24/h4-7,13H,8-12H2,1-3H3,(H,21,26,27). The third-order valence-corrected chi connectivity index (χ3v) is 5.37. The highest BCUT2D eigenvalue weighted by atomic mass is 16.2. The number of likely N-dealkylation sites (tertiary alicyclic amines) is 1. The number of rotatable bonds is 4. The number of carbonyl (C=O) groups is 4. The van der Waals surface area contributed by atoms with Gasteiger partial charge in [0.1, 0.15) is 5.54 Å². The van der Waals surface area contributed by atoms with Crippen molar-refractivity contribution in [1.29, 1.82) is 0 Å². The molecule has 7 heteroatoms. The molecular weight excluding hydrogens is 346 g/mol. The molecule has 7 nitrogen and oxygen atoms in total. The van der Waals surface area contributed by atoms with Crippen LogP contribution < -0.4 is 5.32 Å². The molecule has 1 aromatic rings. The Morgan fingerprint density at radius 3 is 2.26 bits per heavy atom. The first-order valence-electron chi connectivity index (χ1n) is 9.28. The van der Waals surface area contributed by atoms with Crippen molar-refractivity contribution < 1.29 is 19.2 Å². The second-order valence-electron chi connectivity index (χ2n) is 7.69. The van der Waals surface area contributed by atoms with Gasteiger partial charge in [0.2, 0.25) is 0 Å². The number of nitrogens with zero attached hydrogens (tertiary/aromatic N) is 2. The van der Waals surface area contributed by atoms with E-state index in [4.69, 9.17) is 0 Å². The average molecular weight is 371 g/mol. The van der Waals surface area contributed by atoms with E-state index in [9.17, 15) is 19.2 Å². The van der Waals surface area contributed by atoms with Crippen LogP contribution in [-0.4, -0.2) is 58.6 Å². The number of piperidine rings is 1. The molecule has 2 aliphatic heterocycles. The van der Waals surface area contributed by atoms with Crippen LogP contribution in [0.5, 0.6) is 0 Å². The summed E-state index contributed by atoms with van der Waals surface area (Å²) in [5.74, 6) is -0.405. The molecule has 1 aromatic carbocycles. The van der Waals surface area contributed by atoms with Gasteiger partial charge in [0.15, 0.2) is 5.78 Å². The van der Waals surface area contributed by atoms with Gasteiger partial charge in [-0.15, -0.1) is 0 Å². The SMILES string of the molecule is CC(=O)c1ccccc1C(=O)N1CCC2(CC1)C(=O)NC(=O)N2CC(C)C. The lowest BCUT2D eigenvalue weighted by Gasteiger charge is -2.42. The number of ketones is 1. The third-order valence-electron chi connectivity index (χ3n) is 5.37. The molecule has 2 fully saturated rings. The Morgan fingerprint density at radius 1 is 1.11 bits per heavy atom. The Bertz CT molecular complexity index is 794. The van der Waals surface area contributed by atoms with Crippen molar-refractivity contribution in [2.75, 3.05) is 19.6 Å². The van der Waals surface area contributed by atoms with Crippen LogP contribution in [0.25, 0.3) is 0 Å². The molecule has 27 heavy (non-hydrogen) atoms. The lowest BCUT2D eigenvalue weighted by molar-refractivity contribution is -0.129. The predicted molar refractivity (Wildman–Crippen MR) is 99.4 cm³/mol. The highest BCUT2D eigenvalue weighted by Crippen LogP contribution is 2.34. The van der Waals surface area contributed by atoms with E-state index in [1.165, 1.54) is 6.92 Å². The van der Waals surface area contributed by atoms with Gasteiger partial charge in [0.25, 0.3) is 11.8 Å². The molecule has 2 saturated heterocycles. The lowest BCUT2D eigenvalue weighted by Crippen LogP contribution is -2.58. The van der Waals surface area contributed by atoms with Crippen LogP contribution in [0.15, 0.2) is 24.3 Å². The molecule has 1 N–H and O–H groups in total. The van der Waals surface area contributed by atoms with Crippen LogP contribution in [0.3, 0.4) is 0 Å². The van der Waals surface area contributed by atoms with Crippen molar-refractivity contribution >= 4 is 23.6 Å². The molecule has 2 aliphatic rings. The molecule has 0 aliphatic carbocycles. The predicted octanol–water partition coefficient (Wildman–Crippen LogP) is 2.07. The van der Waals surface area contributed by atoms with E-state index in [2.05, 4.69) is 5.32 Å². The van der Waals surface area contributed by atoms with Crippen molar-refractivity contribution in [3.63, 3.8) is 0 Å². The maximum absolute atomic E-state index is 12.9. The molecule has 0 radical (unpaired) electrons. The van der Waals surface area contributed by atoms with E-state index in [0.29, 0.717) is 43.6 Å². The Morgan fingerprint density at radius 2 is 1.70 bits per heavy atom. The number of benzene rings is 1. The van der Waals surface area contributed by atoms with Crippen LogP contribution in [0.1, 0.15) is 54.3 Å². The molecule has 3 rings (SSSR count). The van der Waals surface area contributed by atoms with Gasteiger partial charge in [-0.3, -0.25) is 19.7 Å². The van der Waals surface area contributed by atoms with E-state index in [1.807, 2.05) is 13.8 Å². The quantitative estimate of drug-likeness (QED) is 0.648. The van der Waals surface area contributed by atoms with Gasteiger partial charge < -0.3 is 9.80 Å². The largest absolute Gasteiger partial charge is 0.338 e. The van der Waals surface area contributed by atoms with Gasteiger partial charge in [0, 0.05) is 25.2 Å². The second kappa shape index (κ2) is 7.13. The number of amides is 4. The van der Waals surface area contributed by atoms with E-state index in [-0.39, 0.29) is 29.5 Å². The number of Topliss-reactive ketones (excluding diaryl/α,β-unsaturated/α-hetero) is 1. The number of nitrogens with one attached hydrogen (secondary N) is 1. The fourth-order valence-electron chi connectivity index (χ4n) is 3.94. The van der Waals surface area contributed by atoms with Gasteiger partial charge in [-0.2, -0.15) is 0 Å². The molecule has 2 heterocycles. The number of hydrogen-bond donors (Lipinski definition) is 1. The van der Waals surface area contributed by atoms with Gasteiger partial charge >= 0.3 is 6.03 Å². The highest BCUT2D eigenvalue weighted by Gasteiger charge is 2.54. The molecule has 0 aromatic heterocycles. The van der Waals surface area contributed by atoms with E-state index in [1.54, 1.807) is 34.1 Å². The summed E-state index contributed by atoms with van der Waals surface area (Å²) < 4.78 is 0. The van der Waals surface area contributed by atoms with Crippen molar-refractivity contribution in [3.8, 4) is 0 Å². The minimum atomic E-state index is -0.877. The molecule has 0 unspecified atom stereocenters. The van der Waals surface area contributed by atoms with Gasteiger partial charge in [0.05, 0.1) is 5.56 Å². The Balaban J connectivity index is 1.79. The van der Waals surface area contributed by atoms with Crippen LogP contribution >= 0.6 is 0 Å². The minimum absolute atomic E-state index is 0.156. The van der Waals surface area contributed by atoms with E-state index < -0.39 is 5.54 Å². The van der Waals surface area contributed by atoms with Crippen LogP contribution in [0.2, 0.25) is 0 Å². The smallest absolute Gasteiger partial charge is 0.325 e. The van der Waals surface area contributed by atoms with Crippen molar-refractivity contribution in [2.45, 2.75) is 39.2 Å². The van der Waals surface area contributed by atoms with Crippen molar-refractivity contribution in [2.24, 2.45) is 5.92 Å². The first-order valence-corrected chi connectivity index (χ1v) is 9.28. The minimum Gasteiger partial charge on any atom is -0.338 e. The molecule has 144 valence electrons. The maximum Gasteiger partial charge on any atom is 0.325 e. The molecular formula is C20H25N3O4. The summed E-state index contributed by atoms with van der Waals surface area (Å²) in [6, 6.07) is 6.42. The van der Waals surface area contributed by atoms with Crippen molar-refractivity contribution in [3.05, 3.63) is 35.4 Å². The normalized spacial score (nSPS) is 19.0. The van der Waals surface area contributed by atoms with Gasteiger partial charge in [-0.1, -0.05) is 32.0 Å². The maximum atomic E-state index is 12.9. The monoisotopic (exact) mass is 371 g/mol. The topological polar surface area (TPSA) is 86.8 Å². The zero-order chi connectivity index (χ0) is 19.8. The van der Waals surface area contributed by atoms with Gasteiger partial charge in [-0.25, -0.2) is 4.79 Å². The molecule has 0 saturated carbocycles. The molecule has 0 atom stereocenters. The summed E-state index contributed by atoms with van der Waals surface area (Å²) >= 11 is 0. The summed E-state index contributed by atoms with van der Waals surface area (Å²) in [6.45, 7) is 6.66. The first-order chi connectivity index (χ1) is 12.8. The number of imide groups is 1.